The number of carboxylic acid groups (broad SMARTS) is 1. The number of rotatable bonds is 6. The maximum atomic E-state index is 12.6. The van der Waals surface area contributed by atoms with Crippen LogP contribution in [0.5, 0.6) is 0 Å². The Kier molecular flexibility index (Phi) is 5.99. The van der Waals surface area contributed by atoms with Gasteiger partial charge in [0.15, 0.2) is 0 Å². The van der Waals surface area contributed by atoms with Gasteiger partial charge in [0.2, 0.25) is 0 Å². The van der Waals surface area contributed by atoms with Gasteiger partial charge in [-0.25, -0.2) is 0 Å². The van der Waals surface area contributed by atoms with E-state index in [1.54, 1.807) is 12.1 Å². The summed E-state index contributed by atoms with van der Waals surface area (Å²) in [6.45, 7) is 3.85. The van der Waals surface area contributed by atoms with Gasteiger partial charge in [-0.15, -0.1) is 0 Å². The van der Waals surface area contributed by atoms with Gasteiger partial charge in [0, 0.05) is 6.42 Å². The minimum absolute atomic E-state index is 0.0273. The zero-order chi connectivity index (χ0) is 17.7. The van der Waals surface area contributed by atoms with Crippen molar-refractivity contribution in [3.63, 3.8) is 0 Å². The Morgan fingerprint density at radius 2 is 1.75 bits per heavy atom. The molecule has 0 spiro atoms. The lowest BCUT2D eigenvalue weighted by Crippen LogP contribution is -2.29. The second-order valence-electron chi connectivity index (χ2n) is 5.79. The van der Waals surface area contributed by atoms with Crippen LogP contribution in [0.15, 0.2) is 42.5 Å². The molecule has 0 heterocycles. The number of amides is 1. The summed E-state index contributed by atoms with van der Waals surface area (Å²) < 4.78 is 0. The van der Waals surface area contributed by atoms with Crippen LogP contribution in [-0.2, 0) is 4.79 Å². The van der Waals surface area contributed by atoms with Crippen molar-refractivity contribution in [3.05, 3.63) is 69.7 Å². The SMILES string of the molecule is Cc1cc(Cl)c(C(=O)NC(CCC(=O)O)c2ccccc2)cc1C. The zero-order valence-electron chi connectivity index (χ0n) is 13.7. The highest BCUT2D eigenvalue weighted by molar-refractivity contribution is 6.34. The smallest absolute Gasteiger partial charge is 0.303 e. The van der Waals surface area contributed by atoms with Crippen molar-refractivity contribution in [1.82, 2.24) is 5.32 Å². The molecule has 0 saturated carbocycles. The van der Waals surface area contributed by atoms with Crippen LogP contribution >= 0.6 is 11.6 Å². The normalized spacial score (nSPS) is 11.8. The first-order valence-electron chi connectivity index (χ1n) is 7.73. The van der Waals surface area contributed by atoms with Gasteiger partial charge in [0.25, 0.3) is 5.91 Å². The van der Waals surface area contributed by atoms with E-state index in [4.69, 9.17) is 16.7 Å². The molecule has 24 heavy (non-hydrogen) atoms. The second kappa shape index (κ2) is 7.97. The predicted octanol–water partition coefficient (Wildman–Crippen LogP) is 4.29. The van der Waals surface area contributed by atoms with E-state index in [-0.39, 0.29) is 18.4 Å². The van der Waals surface area contributed by atoms with Gasteiger partial charge in [-0.3, -0.25) is 9.59 Å². The molecule has 1 amide bonds. The Bertz CT molecular complexity index is 744. The molecule has 5 heteroatoms. The average Bonchev–Trinajstić information content (AvgIpc) is 2.55. The van der Waals surface area contributed by atoms with Crippen LogP contribution in [-0.4, -0.2) is 17.0 Å². The van der Waals surface area contributed by atoms with E-state index < -0.39 is 5.97 Å². The molecule has 0 aliphatic carbocycles. The van der Waals surface area contributed by atoms with Crippen LogP contribution in [0.25, 0.3) is 0 Å². The van der Waals surface area contributed by atoms with Crippen LogP contribution in [0.3, 0.4) is 0 Å². The molecule has 0 aromatic heterocycles. The van der Waals surface area contributed by atoms with E-state index in [1.807, 2.05) is 44.2 Å². The number of aliphatic carboxylic acids is 1. The third kappa shape index (κ3) is 4.59. The van der Waals surface area contributed by atoms with Gasteiger partial charge < -0.3 is 10.4 Å². The molecule has 2 N–H and O–H groups in total. The molecular formula is C19H20ClNO3. The highest BCUT2D eigenvalue weighted by Crippen LogP contribution is 2.23. The molecule has 0 fully saturated rings. The number of carbonyl (C=O) groups is 2. The van der Waals surface area contributed by atoms with E-state index in [1.165, 1.54) is 0 Å². The highest BCUT2D eigenvalue weighted by Gasteiger charge is 2.19. The Balaban J connectivity index is 2.24. The summed E-state index contributed by atoms with van der Waals surface area (Å²) in [5.41, 5.74) is 3.26. The molecule has 1 atom stereocenters. The van der Waals surface area contributed by atoms with Gasteiger partial charge >= 0.3 is 5.97 Å². The van der Waals surface area contributed by atoms with Gasteiger partial charge in [0.05, 0.1) is 16.6 Å². The molecule has 0 radical (unpaired) electrons. The Morgan fingerprint density at radius 1 is 1.12 bits per heavy atom. The molecule has 2 aromatic carbocycles. The fourth-order valence-electron chi connectivity index (χ4n) is 2.47. The molecular weight excluding hydrogens is 326 g/mol. The van der Waals surface area contributed by atoms with Crippen molar-refractivity contribution in [2.45, 2.75) is 32.7 Å². The molecule has 1 unspecified atom stereocenters. The number of benzene rings is 2. The van der Waals surface area contributed by atoms with Crippen molar-refractivity contribution in [3.8, 4) is 0 Å². The summed E-state index contributed by atoms with van der Waals surface area (Å²) in [6, 6.07) is 12.5. The number of halogens is 1. The first kappa shape index (κ1) is 18.0. The van der Waals surface area contributed by atoms with Crippen LogP contribution in [0.4, 0.5) is 0 Å². The van der Waals surface area contributed by atoms with Gasteiger partial charge in [-0.1, -0.05) is 41.9 Å². The monoisotopic (exact) mass is 345 g/mol. The number of nitrogens with one attached hydrogen (secondary N) is 1. The van der Waals surface area contributed by atoms with E-state index in [2.05, 4.69) is 5.32 Å². The van der Waals surface area contributed by atoms with Gasteiger partial charge in [-0.05, 0) is 49.1 Å². The number of carboxylic acids is 1. The summed E-state index contributed by atoms with van der Waals surface area (Å²) in [4.78, 5) is 23.5. The largest absolute Gasteiger partial charge is 0.481 e. The standard InChI is InChI=1S/C19H20ClNO3/c1-12-10-15(16(20)11-13(12)2)19(24)21-17(8-9-18(22)23)14-6-4-3-5-7-14/h3-7,10-11,17H,8-9H2,1-2H3,(H,21,24)(H,22,23). The lowest BCUT2D eigenvalue weighted by molar-refractivity contribution is -0.137. The van der Waals surface area contributed by atoms with Crippen LogP contribution in [0, 0.1) is 13.8 Å². The summed E-state index contributed by atoms with van der Waals surface area (Å²) in [7, 11) is 0. The first-order chi connectivity index (χ1) is 11.4. The topological polar surface area (TPSA) is 66.4 Å². The summed E-state index contributed by atoms with van der Waals surface area (Å²) in [5.74, 6) is -1.20. The molecule has 4 nitrogen and oxygen atoms in total. The predicted molar refractivity (Wildman–Crippen MR) is 94.4 cm³/mol. The van der Waals surface area contributed by atoms with E-state index in [9.17, 15) is 9.59 Å². The molecule has 126 valence electrons. The maximum Gasteiger partial charge on any atom is 0.303 e. The Hall–Kier alpha value is -2.33. The van der Waals surface area contributed by atoms with Crippen LogP contribution in [0.2, 0.25) is 5.02 Å². The Labute approximate surface area is 146 Å². The summed E-state index contributed by atoms with van der Waals surface area (Å²) in [6.07, 6.45) is 0.286. The molecule has 2 rings (SSSR count). The van der Waals surface area contributed by atoms with Crippen LogP contribution < -0.4 is 5.32 Å². The third-order valence-electron chi connectivity index (χ3n) is 3.98. The van der Waals surface area contributed by atoms with Crippen molar-refractivity contribution < 1.29 is 14.7 Å². The van der Waals surface area contributed by atoms with Crippen molar-refractivity contribution >= 4 is 23.5 Å². The maximum absolute atomic E-state index is 12.6. The lowest BCUT2D eigenvalue weighted by Gasteiger charge is -2.19. The number of hydrogen-bond acceptors (Lipinski definition) is 2. The minimum atomic E-state index is -0.894. The number of hydrogen-bond donors (Lipinski definition) is 2. The zero-order valence-corrected chi connectivity index (χ0v) is 14.4. The highest BCUT2D eigenvalue weighted by atomic mass is 35.5. The van der Waals surface area contributed by atoms with Gasteiger partial charge in [0.1, 0.15) is 0 Å². The van der Waals surface area contributed by atoms with E-state index in [0.717, 1.165) is 16.7 Å². The molecule has 0 saturated heterocycles. The molecule has 0 aliphatic heterocycles. The van der Waals surface area contributed by atoms with E-state index in [0.29, 0.717) is 17.0 Å². The average molecular weight is 346 g/mol. The van der Waals surface area contributed by atoms with Crippen molar-refractivity contribution in [2.24, 2.45) is 0 Å². The quantitative estimate of drug-likeness (QED) is 0.820. The molecule has 2 aromatic rings. The summed E-state index contributed by atoms with van der Waals surface area (Å²) >= 11 is 6.20. The first-order valence-corrected chi connectivity index (χ1v) is 8.10. The van der Waals surface area contributed by atoms with E-state index >= 15 is 0 Å². The second-order valence-corrected chi connectivity index (χ2v) is 6.19. The minimum Gasteiger partial charge on any atom is -0.481 e. The molecule has 0 bridgehead atoms. The van der Waals surface area contributed by atoms with Crippen molar-refractivity contribution in [1.29, 1.82) is 0 Å². The fraction of sp³-hybridized carbons (Fsp3) is 0.263. The fourth-order valence-corrected chi connectivity index (χ4v) is 2.77. The number of aryl methyl sites for hydroxylation is 2. The molecule has 0 aliphatic rings. The van der Waals surface area contributed by atoms with Crippen molar-refractivity contribution in [2.75, 3.05) is 0 Å². The lowest BCUT2D eigenvalue weighted by atomic mass is 10.0. The summed E-state index contributed by atoms with van der Waals surface area (Å²) in [5, 5.41) is 12.2. The number of carbonyl (C=O) groups excluding carboxylic acids is 1. The van der Waals surface area contributed by atoms with Gasteiger partial charge in [-0.2, -0.15) is 0 Å². The van der Waals surface area contributed by atoms with Crippen LogP contribution in [0.1, 0.15) is 45.9 Å². The third-order valence-corrected chi connectivity index (χ3v) is 4.29. The Morgan fingerprint density at radius 3 is 2.38 bits per heavy atom.